The summed E-state index contributed by atoms with van der Waals surface area (Å²) in [6, 6.07) is 12.4. The molecule has 38 heavy (non-hydrogen) atoms. The highest BCUT2D eigenvalue weighted by atomic mass is 16.5. The largest absolute Gasteiger partial charge is 0.480 e. The Bertz CT molecular complexity index is 1050. The first-order chi connectivity index (χ1) is 18.4. The van der Waals surface area contributed by atoms with Gasteiger partial charge in [-0.2, -0.15) is 0 Å². The van der Waals surface area contributed by atoms with Gasteiger partial charge in [-0.05, 0) is 62.3 Å². The maximum Gasteiger partial charge on any atom is 0.408 e. The molecule has 2 amide bonds. The Morgan fingerprint density at radius 3 is 2.68 bits per heavy atom. The Morgan fingerprint density at radius 1 is 1.11 bits per heavy atom. The van der Waals surface area contributed by atoms with Crippen LogP contribution in [0.5, 0.6) is 0 Å². The zero-order chi connectivity index (χ0) is 27.2. The van der Waals surface area contributed by atoms with Crippen LogP contribution in [-0.2, 0) is 33.8 Å². The lowest BCUT2D eigenvalue weighted by Crippen LogP contribution is -2.44. The van der Waals surface area contributed by atoms with E-state index in [1.54, 1.807) is 0 Å². The summed E-state index contributed by atoms with van der Waals surface area (Å²) >= 11 is 0. The molecule has 4 N–H and O–H groups in total. The molecule has 0 saturated heterocycles. The molecule has 10 nitrogen and oxygen atoms in total. The van der Waals surface area contributed by atoms with Crippen LogP contribution in [0.15, 0.2) is 42.5 Å². The van der Waals surface area contributed by atoms with Gasteiger partial charge in [0.05, 0.1) is 0 Å². The van der Waals surface area contributed by atoms with Crippen LogP contribution in [0.4, 0.5) is 10.6 Å². The third-order valence-corrected chi connectivity index (χ3v) is 6.45. The van der Waals surface area contributed by atoms with Crippen LogP contribution < -0.4 is 16.0 Å². The number of unbranched alkanes of at least 4 members (excludes halogenated alkanes) is 1. The fourth-order valence-electron chi connectivity index (χ4n) is 4.35. The van der Waals surface area contributed by atoms with Crippen LogP contribution in [0.25, 0.3) is 0 Å². The minimum atomic E-state index is -1.12. The van der Waals surface area contributed by atoms with E-state index in [2.05, 4.69) is 33.0 Å². The van der Waals surface area contributed by atoms with Crippen molar-refractivity contribution in [2.24, 2.45) is 0 Å². The molecular formula is C28H39N5O5. The predicted molar refractivity (Wildman–Crippen MR) is 145 cm³/mol. The highest BCUT2D eigenvalue weighted by Gasteiger charge is 2.22. The van der Waals surface area contributed by atoms with E-state index in [0.717, 1.165) is 62.3 Å². The molecule has 3 rings (SSSR count). The number of aliphatic carboxylic acids is 1. The van der Waals surface area contributed by atoms with E-state index in [0.29, 0.717) is 19.6 Å². The van der Waals surface area contributed by atoms with Gasteiger partial charge < -0.3 is 30.7 Å². The quantitative estimate of drug-likeness (QED) is 0.261. The number of rotatable bonds is 15. The van der Waals surface area contributed by atoms with E-state index in [4.69, 9.17) is 9.72 Å². The third kappa shape index (κ3) is 10.4. The van der Waals surface area contributed by atoms with Gasteiger partial charge in [-0.1, -0.05) is 36.4 Å². The molecule has 2 heterocycles. The summed E-state index contributed by atoms with van der Waals surface area (Å²) in [5.74, 6) is -0.223. The zero-order valence-corrected chi connectivity index (χ0v) is 22.1. The standard InChI is InChI=1S/C28H39N5O5/c1-21(34)29-16-19-33(17-6-5-11-24-13-12-23-10-7-15-30-26(23)31-24)18-14-25(27(35)36)32-28(37)38-20-22-8-3-2-4-9-22/h2-4,8-9,12-13,25H,5-7,10-11,14-20H2,1H3,(H,29,34)(H,30,31)(H,32,37)(H,35,36)/t25-/m0/s1. The predicted octanol–water partition coefficient (Wildman–Crippen LogP) is 2.97. The number of aromatic nitrogens is 1. The molecule has 1 atom stereocenters. The number of carboxylic acids is 1. The maximum atomic E-state index is 12.2. The molecule has 2 aromatic rings. The van der Waals surface area contributed by atoms with Gasteiger partial charge in [0.25, 0.3) is 0 Å². The number of anilines is 1. The number of aryl methyl sites for hydroxylation is 2. The van der Waals surface area contributed by atoms with Crippen molar-refractivity contribution < 1.29 is 24.2 Å². The van der Waals surface area contributed by atoms with Gasteiger partial charge in [-0.25, -0.2) is 14.6 Å². The van der Waals surface area contributed by atoms with Gasteiger partial charge in [0.1, 0.15) is 18.5 Å². The van der Waals surface area contributed by atoms with Crippen LogP contribution in [0.1, 0.15) is 49.4 Å². The number of benzene rings is 1. The van der Waals surface area contributed by atoms with E-state index < -0.39 is 18.1 Å². The third-order valence-electron chi connectivity index (χ3n) is 6.45. The molecule has 1 aliphatic rings. The number of hydrogen-bond acceptors (Lipinski definition) is 7. The molecule has 1 aliphatic heterocycles. The summed E-state index contributed by atoms with van der Waals surface area (Å²) in [5.41, 5.74) is 3.15. The van der Waals surface area contributed by atoms with Crippen LogP contribution >= 0.6 is 0 Å². The topological polar surface area (TPSA) is 133 Å². The molecule has 0 unspecified atom stereocenters. The van der Waals surface area contributed by atoms with Crippen molar-refractivity contribution in [3.8, 4) is 0 Å². The Balaban J connectivity index is 1.45. The highest BCUT2D eigenvalue weighted by Crippen LogP contribution is 2.20. The van der Waals surface area contributed by atoms with E-state index in [-0.39, 0.29) is 18.9 Å². The van der Waals surface area contributed by atoms with E-state index in [1.165, 1.54) is 12.5 Å². The van der Waals surface area contributed by atoms with Crippen LogP contribution in [0.3, 0.4) is 0 Å². The number of pyridine rings is 1. The minimum absolute atomic E-state index is 0.0665. The number of carbonyl (C=O) groups is 3. The number of ether oxygens (including phenoxy) is 1. The first kappa shape index (κ1) is 28.9. The second kappa shape index (κ2) is 15.6. The van der Waals surface area contributed by atoms with Crippen molar-refractivity contribution in [2.75, 3.05) is 38.0 Å². The van der Waals surface area contributed by atoms with E-state index in [9.17, 15) is 19.5 Å². The molecule has 0 aliphatic carbocycles. The summed E-state index contributed by atoms with van der Waals surface area (Å²) in [6.45, 7) is 4.75. The monoisotopic (exact) mass is 525 g/mol. The molecule has 0 radical (unpaired) electrons. The second-order valence-electron chi connectivity index (χ2n) is 9.51. The SMILES string of the molecule is CC(=O)NCCN(CCCCc1ccc2c(n1)NCCC2)CC[C@H](NC(=O)OCc1ccccc1)C(=O)O. The van der Waals surface area contributed by atoms with Crippen molar-refractivity contribution in [3.63, 3.8) is 0 Å². The number of nitrogens with one attached hydrogen (secondary N) is 3. The molecule has 0 bridgehead atoms. The molecule has 0 saturated carbocycles. The summed E-state index contributed by atoms with van der Waals surface area (Å²) < 4.78 is 5.18. The van der Waals surface area contributed by atoms with Crippen molar-refractivity contribution in [1.82, 2.24) is 20.5 Å². The molecular weight excluding hydrogens is 486 g/mol. The first-order valence-corrected chi connectivity index (χ1v) is 13.3. The Morgan fingerprint density at radius 2 is 1.92 bits per heavy atom. The molecule has 0 spiro atoms. The van der Waals surface area contributed by atoms with Gasteiger partial charge in [0.2, 0.25) is 5.91 Å². The number of hydrogen-bond donors (Lipinski definition) is 4. The number of amides is 2. The number of carbonyl (C=O) groups excluding carboxylic acids is 2. The Labute approximate surface area is 224 Å². The number of carboxylic acid groups (broad SMARTS) is 1. The van der Waals surface area contributed by atoms with Crippen LogP contribution in [-0.4, -0.2) is 71.7 Å². The normalized spacial score (nSPS) is 13.2. The zero-order valence-electron chi connectivity index (χ0n) is 22.1. The number of nitrogens with zero attached hydrogens (tertiary/aromatic N) is 2. The lowest BCUT2D eigenvalue weighted by molar-refractivity contribution is -0.139. The van der Waals surface area contributed by atoms with E-state index in [1.807, 2.05) is 30.3 Å². The molecule has 206 valence electrons. The molecule has 1 aromatic carbocycles. The fourth-order valence-corrected chi connectivity index (χ4v) is 4.35. The van der Waals surface area contributed by atoms with Crippen molar-refractivity contribution in [3.05, 3.63) is 59.3 Å². The van der Waals surface area contributed by atoms with Crippen LogP contribution in [0.2, 0.25) is 0 Å². The van der Waals surface area contributed by atoms with E-state index >= 15 is 0 Å². The van der Waals surface area contributed by atoms with Gasteiger partial charge in [0.15, 0.2) is 0 Å². The van der Waals surface area contributed by atoms with Crippen LogP contribution in [0, 0.1) is 0 Å². The van der Waals surface area contributed by atoms with Crippen molar-refractivity contribution in [2.45, 2.75) is 58.1 Å². The van der Waals surface area contributed by atoms with Gasteiger partial charge in [-0.3, -0.25) is 4.79 Å². The van der Waals surface area contributed by atoms with Crippen molar-refractivity contribution >= 4 is 23.8 Å². The summed E-state index contributed by atoms with van der Waals surface area (Å²) in [7, 11) is 0. The number of fused-ring (bicyclic) bond motifs is 1. The lowest BCUT2D eigenvalue weighted by Gasteiger charge is -2.24. The fraction of sp³-hybridized carbons (Fsp3) is 0.500. The van der Waals surface area contributed by atoms with Crippen molar-refractivity contribution in [1.29, 1.82) is 0 Å². The Kier molecular flexibility index (Phi) is 11.8. The average Bonchev–Trinajstić information content (AvgIpc) is 2.91. The van der Waals surface area contributed by atoms with Gasteiger partial charge in [-0.15, -0.1) is 0 Å². The smallest absolute Gasteiger partial charge is 0.408 e. The molecule has 1 aromatic heterocycles. The first-order valence-electron chi connectivity index (χ1n) is 13.3. The second-order valence-corrected chi connectivity index (χ2v) is 9.51. The lowest BCUT2D eigenvalue weighted by atomic mass is 10.1. The number of alkyl carbamates (subject to hydrolysis) is 1. The van der Waals surface area contributed by atoms with Gasteiger partial charge >= 0.3 is 12.1 Å². The average molecular weight is 526 g/mol. The highest BCUT2D eigenvalue weighted by molar-refractivity contribution is 5.79. The Hall–Kier alpha value is -3.66. The molecule has 10 heteroatoms. The minimum Gasteiger partial charge on any atom is -0.480 e. The molecule has 0 fully saturated rings. The van der Waals surface area contributed by atoms with Gasteiger partial charge in [0, 0.05) is 38.8 Å². The summed E-state index contributed by atoms with van der Waals surface area (Å²) in [6.07, 6.45) is 4.35. The maximum absolute atomic E-state index is 12.2. The summed E-state index contributed by atoms with van der Waals surface area (Å²) in [4.78, 5) is 42.1. The summed E-state index contributed by atoms with van der Waals surface area (Å²) in [5, 5.41) is 18.3.